The first-order valence-corrected chi connectivity index (χ1v) is 12.6. The summed E-state index contributed by atoms with van der Waals surface area (Å²) in [6, 6.07) is 11.9. The van der Waals surface area contributed by atoms with Crippen molar-refractivity contribution in [2.24, 2.45) is 10.7 Å². The zero-order chi connectivity index (χ0) is 25.1. The van der Waals surface area contributed by atoms with Crippen molar-refractivity contribution in [3.05, 3.63) is 68.9 Å². The molecule has 0 atom stereocenters. The number of nitrogens with zero attached hydrogens (tertiary/aromatic N) is 3. The van der Waals surface area contributed by atoms with Crippen LogP contribution in [0.4, 0.5) is 11.4 Å². The number of amidine groups is 1. The second-order valence-electron chi connectivity index (χ2n) is 8.82. The maximum absolute atomic E-state index is 12.8. The molecule has 35 heavy (non-hydrogen) atoms. The highest BCUT2D eigenvalue weighted by Crippen LogP contribution is 2.36. The van der Waals surface area contributed by atoms with Crippen LogP contribution in [0.15, 0.2) is 46.8 Å². The molecule has 1 aliphatic rings. The lowest BCUT2D eigenvalue weighted by atomic mass is 9.98. The molecule has 7 nitrogen and oxygen atoms in total. The second-order valence-corrected chi connectivity index (χ2v) is 9.77. The van der Waals surface area contributed by atoms with Crippen LogP contribution in [-0.2, 0) is 4.79 Å². The van der Waals surface area contributed by atoms with Gasteiger partial charge in [0.1, 0.15) is 17.3 Å². The van der Waals surface area contributed by atoms with Crippen LogP contribution in [0.3, 0.4) is 0 Å². The summed E-state index contributed by atoms with van der Waals surface area (Å²) >= 11 is 1.57. The lowest BCUT2D eigenvalue weighted by Crippen LogP contribution is -2.50. The molecule has 1 saturated heterocycles. The molecule has 0 saturated carbocycles. The predicted octanol–water partition coefficient (Wildman–Crippen LogP) is 4.45. The summed E-state index contributed by atoms with van der Waals surface area (Å²) in [7, 11) is 0. The van der Waals surface area contributed by atoms with E-state index in [0.717, 1.165) is 51.6 Å². The van der Waals surface area contributed by atoms with Crippen molar-refractivity contribution < 1.29 is 14.6 Å². The van der Waals surface area contributed by atoms with Gasteiger partial charge in [0.15, 0.2) is 6.61 Å². The molecule has 3 aromatic rings. The zero-order valence-electron chi connectivity index (χ0n) is 20.7. The molecule has 2 heterocycles. The Labute approximate surface area is 210 Å². The van der Waals surface area contributed by atoms with Gasteiger partial charge in [0, 0.05) is 31.9 Å². The number of aromatic hydroxyl groups is 1. The summed E-state index contributed by atoms with van der Waals surface area (Å²) in [5, 5.41) is 12.2. The minimum atomic E-state index is -0.0273. The number of nitrogens with two attached hydrogens (primary N) is 1. The molecule has 0 unspecified atom stereocenters. The van der Waals surface area contributed by atoms with Gasteiger partial charge in [0.2, 0.25) is 0 Å². The maximum atomic E-state index is 12.8. The Morgan fingerprint density at radius 2 is 1.63 bits per heavy atom. The molecule has 0 aliphatic carbocycles. The summed E-state index contributed by atoms with van der Waals surface area (Å²) in [4.78, 5) is 22.4. The molecule has 184 valence electrons. The van der Waals surface area contributed by atoms with Crippen molar-refractivity contribution in [1.29, 1.82) is 0 Å². The van der Waals surface area contributed by atoms with E-state index < -0.39 is 0 Å². The van der Waals surface area contributed by atoms with Crippen LogP contribution in [0, 0.1) is 27.7 Å². The molecule has 4 rings (SSSR count). The minimum Gasteiger partial charge on any atom is -0.507 e. The number of carbonyl (C=O) groups excluding carboxylic acids is 1. The van der Waals surface area contributed by atoms with Gasteiger partial charge in [-0.3, -0.25) is 4.79 Å². The number of piperazine rings is 1. The van der Waals surface area contributed by atoms with Gasteiger partial charge in [-0.2, -0.15) is 0 Å². The minimum absolute atomic E-state index is 0.0102. The Hall–Kier alpha value is -3.52. The molecular weight excluding hydrogens is 460 g/mol. The smallest absolute Gasteiger partial charge is 0.260 e. The van der Waals surface area contributed by atoms with Gasteiger partial charge in [0.05, 0.1) is 10.6 Å². The largest absolute Gasteiger partial charge is 0.507 e. The molecule has 1 amide bonds. The maximum Gasteiger partial charge on any atom is 0.260 e. The van der Waals surface area contributed by atoms with Gasteiger partial charge in [-0.15, -0.1) is 11.3 Å². The molecular formula is C27H32N4O3S. The third-order valence-corrected chi connectivity index (χ3v) is 7.62. The van der Waals surface area contributed by atoms with E-state index in [1.165, 1.54) is 0 Å². The zero-order valence-corrected chi connectivity index (χ0v) is 21.5. The van der Waals surface area contributed by atoms with E-state index in [9.17, 15) is 9.90 Å². The van der Waals surface area contributed by atoms with Crippen LogP contribution in [0.5, 0.6) is 11.5 Å². The Kier molecular flexibility index (Phi) is 7.31. The van der Waals surface area contributed by atoms with Gasteiger partial charge in [-0.25, -0.2) is 4.99 Å². The van der Waals surface area contributed by atoms with Crippen LogP contribution in [-0.4, -0.2) is 54.5 Å². The monoisotopic (exact) mass is 492 g/mol. The third-order valence-electron chi connectivity index (χ3n) is 6.73. The summed E-state index contributed by atoms with van der Waals surface area (Å²) in [5.74, 6) is 1.47. The van der Waals surface area contributed by atoms with Crippen molar-refractivity contribution in [2.45, 2.75) is 27.7 Å². The fraction of sp³-hybridized carbons (Fsp3) is 0.333. The number of ether oxygens (including phenoxy) is 1. The van der Waals surface area contributed by atoms with E-state index in [1.54, 1.807) is 11.3 Å². The lowest BCUT2D eigenvalue weighted by Gasteiger charge is -2.36. The average molecular weight is 493 g/mol. The van der Waals surface area contributed by atoms with Crippen LogP contribution in [0.1, 0.15) is 27.1 Å². The van der Waals surface area contributed by atoms with Gasteiger partial charge in [0.25, 0.3) is 5.91 Å². The lowest BCUT2D eigenvalue weighted by molar-refractivity contribution is -0.133. The molecule has 3 N–H and O–H groups in total. The molecule has 1 aromatic heterocycles. The van der Waals surface area contributed by atoms with Crippen LogP contribution < -0.4 is 15.4 Å². The fourth-order valence-corrected chi connectivity index (χ4v) is 4.90. The normalized spacial score (nSPS) is 14.3. The summed E-state index contributed by atoms with van der Waals surface area (Å²) in [6.45, 7) is 10.3. The second kappa shape index (κ2) is 10.4. The Bertz CT molecular complexity index is 1200. The van der Waals surface area contributed by atoms with Crippen LogP contribution in [0.25, 0.3) is 0 Å². The SMILES string of the molecule is Cc1c(C)c(OCC(=O)N2CCN(c3ccc(N=C(N)c4cccs4)cc3)CC2)c(C)c(C)c1O. The van der Waals surface area contributed by atoms with Crippen molar-refractivity contribution >= 4 is 34.5 Å². The number of hydrogen-bond acceptors (Lipinski definition) is 6. The molecule has 1 fully saturated rings. The van der Waals surface area contributed by atoms with Crippen molar-refractivity contribution in [1.82, 2.24) is 4.90 Å². The van der Waals surface area contributed by atoms with Gasteiger partial charge in [-0.05, 0) is 85.7 Å². The fourth-order valence-electron chi connectivity index (χ4n) is 4.27. The Morgan fingerprint density at radius 3 is 2.20 bits per heavy atom. The number of thiophene rings is 1. The third kappa shape index (κ3) is 5.27. The molecule has 0 bridgehead atoms. The van der Waals surface area contributed by atoms with Crippen LogP contribution in [0.2, 0.25) is 0 Å². The summed E-state index contributed by atoms with van der Waals surface area (Å²) in [6.07, 6.45) is 0. The molecule has 8 heteroatoms. The number of amides is 1. The number of hydrogen-bond donors (Lipinski definition) is 2. The first kappa shape index (κ1) is 24.6. The summed E-state index contributed by atoms with van der Waals surface area (Å²) < 4.78 is 5.94. The quantitative estimate of drug-likeness (QED) is 0.392. The first-order valence-electron chi connectivity index (χ1n) is 11.7. The van der Waals surface area contributed by atoms with E-state index >= 15 is 0 Å². The number of phenolic OH excluding ortho intramolecular Hbond substituents is 1. The van der Waals surface area contributed by atoms with E-state index in [-0.39, 0.29) is 12.5 Å². The number of carbonyl (C=O) groups is 1. The van der Waals surface area contributed by atoms with Crippen molar-refractivity contribution in [2.75, 3.05) is 37.7 Å². The highest BCUT2D eigenvalue weighted by Gasteiger charge is 2.23. The number of benzene rings is 2. The van der Waals surface area contributed by atoms with Crippen molar-refractivity contribution in [3.8, 4) is 11.5 Å². The Morgan fingerprint density at radius 1 is 1.00 bits per heavy atom. The average Bonchev–Trinajstić information content (AvgIpc) is 3.42. The number of aliphatic imine (C=N–C) groups is 1. The molecule has 2 aromatic carbocycles. The van der Waals surface area contributed by atoms with Gasteiger partial charge in [-0.1, -0.05) is 6.07 Å². The van der Waals surface area contributed by atoms with Gasteiger partial charge >= 0.3 is 0 Å². The first-order chi connectivity index (χ1) is 16.8. The highest BCUT2D eigenvalue weighted by atomic mass is 32.1. The predicted molar refractivity (Wildman–Crippen MR) is 142 cm³/mol. The molecule has 0 radical (unpaired) electrons. The highest BCUT2D eigenvalue weighted by molar-refractivity contribution is 7.12. The molecule has 0 spiro atoms. The topological polar surface area (TPSA) is 91.4 Å². The van der Waals surface area contributed by atoms with E-state index in [0.29, 0.717) is 30.4 Å². The number of rotatable bonds is 6. The molecule has 1 aliphatic heterocycles. The Balaban J connectivity index is 1.32. The standard InChI is InChI=1S/C27H32N4O3S/c1-17-19(3)26(20(4)18(2)25(17)33)34-16-24(32)31-13-11-30(12-14-31)22-9-7-21(8-10-22)29-27(28)23-6-5-15-35-23/h5-10,15,33H,11-14,16H2,1-4H3,(H2,28,29). The summed E-state index contributed by atoms with van der Waals surface area (Å²) in [5.41, 5.74) is 11.3. The van der Waals surface area contributed by atoms with Crippen molar-refractivity contribution in [3.63, 3.8) is 0 Å². The number of phenols is 1. The number of anilines is 1. The van der Waals surface area contributed by atoms with Crippen LogP contribution >= 0.6 is 11.3 Å². The van der Waals surface area contributed by atoms with Gasteiger partial charge < -0.3 is 25.4 Å². The van der Waals surface area contributed by atoms with E-state index in [4.69, 9.17) is 10.5 Å². The van der Waals surface area contributed by atoms with E-state index in [1.807, 2.05) is 74.4 Å². The van der Waals surface area contributed by atoms with E-state index in [2.05, 4.69) is 9.89 Å².